The average molecular weight is 389 g/mol. The third kappa shape index (κ3) is 3.76. The maximum Gasteiger partial charge on any atom is 0.225 e. The Morgan fingerprint density at radius 2 is 1.93 bits per heavy atom. The molecule has 1 amide bonds. The highest BCUT2D eigenvalue weighted by molar-refractivity contribution is 5.85. The van der Waals surface area contributed by atoms with E-state index in [9.17, 15) is 4.79 Å². The summed E-state index contributed by atoms with van der Waals surface area (Å²) < 4.78 is 2.02. The molecule has 0 radical (unpaired) electrons. The Morgan fingerprint density at radius 1 is 1.22 bits per heavy atom. The highest BCUT2D eigenvalue weighted by Crippen LogP contribution is 2.47. The smallest absolute Gasteiger partial charge is 0.225 e. The van der Waals surface area contributed by atoms with Crippen molar-refractivity contribution < 1.29 is 4.79 Å². The number of aryl methyl sites for hydroxylation is 1. The average Bonchev–Trinajstić information content (AvgIpc) is 3.29. The molecule has 0 spiro atoms. The molecule has 3 N–H and O–H groups in total. The number of nitrogens with two attached hydrogens (primary N) is 1. The van der Waals surface area contributed by atoms with Crippen LogP contribution in [-0.4, -0.2) is 21.7 Å². The summed E-state index contributed by atoms with van der Waals surface area (Å²) in [6.07, 6.45) is 3.48. The van der Waals surface area contributed by atoms with Gasteiger partial charge < -0.3 is 11.1 Å². The van der Waals surface area contributed by atoms with Crippen molar-refractivity contribution in [3.63, 3.8) is 0 Å². The quantitative estimate of drug-likeness (QED) is 0.827. The molecule has 0 aliphatic heterocycles. The van der Waals surface area contributed by atoms with Gasteiger partial charge in [-0.3, -0.25) is 9.48 Å². The van der Waals surface area contributed by atoms with E-state index in [0.717, 1.165) is 36.3 Å². The molecule has 2 aliphatic carbocycles. The summed E-state index contributed by atoms with van der Waals surface area (Å²) in [5.74, 6) is 1.15. The Balaban J connectivity index is 0.00000210. The van der Waals surface area contributed by atoms with E-state index in [4.69, 9.17) is 5.73 Å². The molecular formula is C21H29ClN4O. The van der Waals surface area contributed by atoms with Gasteiger partial charge in [0.05, 0.1) is 18.2 Å². The molecule has 2 aliphatic rings. The zero-order valence-electron chi connectivity index (χ0n) is 16.0. The SMILES string of the molecule is Cc1nn(Cc2ccccc2)c(C)c1CNC(=O)C1C2CCC(C2)C1N.Cl. The first-order valence-electron chi connectivity index (χ1n) is 9.64. The molecule has 146 valence electrons. The normalized spacial score (nSPS) is 26.0. The number of fused-ring (bicyclic) bond motifs is 2. The van der Waals surface area contributed by atoms with Crippen molar-refractivity contribution in [3.8, 4) is 0 Å². The number of amides is 1. The second-order valence-corrected chi connectivity index (χ2v) is 7.95. The number of halogens is 1. The summed E-state index contributed by atoms with van der Waals surface area (Å²) in [6, 6.07) is 10.4. The minimum absolute atomic E-state index is 0. The van der Waals surface area contributed by atoms with E-state index in [0.29, 0.717) is 18.4 Å². The summed E-state index contributed by atoms with van der Waals surface area (Å²) in [5, 5.41) is 7.82. The maximum absolute atomic E-state index is 12.7. The molecule has 2 saturated carbocycles. The van der Waals surface area contributed by atoms with Gasteiger partial charge in [0, 0.05) is 23.8 Å². The molecular weight excluding hydrogens is 360 g/mol. The van der Waals surface area contributed by atoms with Gasteiger partial charge >= 0.3 is 0 Å². The number of hydrogen-bond acceptors (Lipinski definition) is 3. The predicted molar refractivity (Wildman–Crippen MR) is 109 cm³/mol. The molecule has 2 aromatic rings. The van der Waals surface area contributed by atoms with Gasteiger partial charge in [0.1, 0.15) is 0 Å². The zero-order chi connectivity index (χ0) is 18.3. The van der Waals surface area contributed by atoms with Crippen molar-refractivity contribution in [2.45, 2.75) is 52.2 Å². The molecule has 27 heavy (non-hydrogen) atoms. The standard InChI is InChI=1S/C21H28N4O.ClH/c1-13-18(14(2)25(24-13)12-15-6-4-3-5-7-15)11-23-21(26)19-16-8-9-17(10-16)20(19)22;/h3-7,16-17,19-20H,8-12,22H2,1-2H3,(H,23,26);1H. The van der Waals surface area contributed by atoms with Gasteiger partial charge in [0.15, 0.2) is 0 Å². The van der Waals surface area contributed by atoms with E-state index in [1.54, 1.807) is 0 Å². The summed E-state index contributed by atoms with van der Waals surface area (Å²) in [7, 11) is 0. The molecule has 4 unspecified atom stereocenters. The Bertz CT molecular complexity index is 802. The predicted octanol–water partition coefficient (Wildman–Crippen LogP) is 2.96. The Labute approximate surface area is 167 Å². The van der Waals surface area contributed by atoms with Crippen LogP contribution in [0.15, 0.2) is 30.3 Å². The lowest BCUT2D eigenvalue weighted by molar-refractivity contribution is -0.127. The van der Waals surface area contributed by atoms with Gasteiger partial charge in [0.2, 0.25) is 5.91 Å². The molecule has 1 heterocycles. The highest BCUT2D eigenvalue weighted by Gasteiger charge is 2.48. The summed E-state index contributed by atoms with van der Waals surface area (Å²) in [6.45, 7) is 5.37. The lowest BCUT2D eigenvalue weighted by Crippen LogP contribution is -2.45. The number of rotatable bonds is 5. The first-order valence-corrected chi connectivity index (χ1v) is 9.64. The molecule has 4 atom stereocenters. The summed E-state index contributed by atoms with van der Waals surface area (Å²) in [5.41, 5.74) is 10.7. The van der Waals surface area contributed by atoms with Crippen LogP contribution in [0.3, 0.4) is 0 Å². The number of hydrogen-bond donors (Lipinski definition) is 2. The fourth-order valence-electron chi connectivity index (χ4n) is 4.92. The van der Waals surface area contributed by atoms with E-state index in [2.05, 4.69) is 29.5 Å². The van der Waals surface area contributed by atoms with Gasteiger partial charge in [-0.25, -0.2) is 0 Å². The van der Waals surface area contributed by atoms with Crippen LogP contribution in [0.5, 0.6) is 0 Å². The van der Waals surface area contributed by atoms with E-state index in [1.807, 2.05) is 29.8 Å². The molecule has 5 nitrogen and oxygen atoms in total. The Hall–Kier alpha value is -1.85. The Kier molecular flexibility index (Phi) is 5.92. The van der Waals surface area contributed by atoms with Crippen molar-refractivity contribution in [2.75, 3.05) is 0 Å². The molecule has 2 bridgehead atoms. The summed E-state index contributed by atoms with van der Waals surface area (Å²) >= 11 is 0. The van der Waals surface area contributed by atoms with Crippen LogP contribution in [0.25, 0.3) is 0 Å². The zero-order valence-corrected chi connectivity index (χ0v) is 16.8. The van der Waals surface area contributed by atoms with Crippen LogP contribution in [0, 0.1) is 31.6 Å². The van der Waals surface area contributed by atoms with E-state index in [1.165, 1.54) is 12.0 Å². The van der Waals surface area contributed by atoms with E-state index < -0.39 is 0 Å². The first-order chi connectivity index (χ1) is 12.5. The van der Waals surface area contributed by atoms with E-state index >= 15 is 0 Å². The van der Waals surface area contributed by atoms with Gasteiger partial charge in [-0.15, -0.1) is 12.4 Å². The lowest BCUT2D eigenvalue weighted by Gasteiger charge is -2.27. The van der Waals surface area contributed by atoms with Crippen LogP contribution >= 0.6 is 12.4 Å². The van der Waals surface area contributed by atoms with E-state index in [-0.39, 0.29) is 30.3 Å². The molecule has 2 fully saturated rings. The molecule has 6 heteroatoms. The minimum atomic E-state index is -0.00581. The topological polar surface area (TPSA) is 72.9 Å². The van der Waals surface area contributed by atoms with Crippen molar-refractivity contribution in [3.05, 3.63) is 52.8 Å². The number of benzene rings is 1. The number of aromatic nitrogens is 2. The molecule has 0 saturated heterocycles. The van der Waals surface area contributed by atoms with Crippen LogP contribution in [0.4, 0.5) is 0 Å². The first kappa shape index (κ1) is 19.9. The summed E-state index contributed by atoms with van der Waals surface area (Å²) in [4.78, 5) is 12.7. The second-order valence-electron chi connectivity index (χ2n) is 7.95. The number of carbonyl (C=O) groups excluding carboxylic acids is 1. The van der Waals surface area contributed by atoms with Gasteiger partial charge in [0.25, 0.3) is 0 Å². The number of nitrogens with one attached hydrogen (secondary N) is 1. The fraction of sp³-hybridized carbons (Fsp3) is 0.524. The van der Waals surface area contributed by atoms with Crippen molar-refractivity contribution >= 4 is 18.3 Å². The molecule has 1 aromatic carbocycles. The van der Waals surface area contributed by atoms with Gasteiger partial charge in [-0.2, -0.15) is 5.10 Å². The second kappa shape index (κ2) is 8.03. The van der Waals surface area contributed by atoms with Crippen molar-refractivity contribution in [1.29, 1.82) is 0 Å². The lowest BCUT2D eigenvalue weighted by atomic mass is 9.84. The maximum atomic E-state index is 12.7. The largest absolute Gasteiger partial charge is 0.352 e. The third-order valence-electron chi connectivity index (χ3n) is 6.43. The van der Waals surface area contributed by atoms with Crippen LogP contribution in [0.2, 0.25) is 0 Å². The molecule has 4 rings (SSSR count). The van der Waals surface area contributed by atoms with Crippen LogP contribution in [0.1, 0.15) is 41.8 Å². The third-order valence-corrected chi connectivity index (χ3v) is 6.43. The minimum Gasteiger partial charge on any atom is -0.352 e. The highest BCUT2D eigenvalue weighted by atomic mass is 35.5. The van der Waals surface area contributed by atoms with Crippen LogP contribution in [-0.2, 0) is 17.9 Å². The van der Waals surface area contributed by atoms with Crippen LogP contribution < -0.4 is 11.1 Å². The Morgan fingerprint density at radius 3 is 2.59 bits per heavy atom. The van der Waals surface area contributed by atoms with Crippen molar-refractivity contribution in [2.24, 2.45) is 23.5 Å². The molecule has 1 aromatic heterocycles. The van der Waals surface area contributed by atoms with Gasteiger partial charge in [-0.05, 0) is 50.5 Å². The fourth-order valence-corrected chi connectivity index (χ4v) is 4.92. The number of carbonyl (C=O) groups is 1. The van der Waals surface area contributed by atoms with Crippen molar-refractivity contribution in [1.82, 2.24) is 15.1 Å². The monoisotopic (exact) mass is 388 g/mol. The van der Waals surface area contributed by atoms with Gasteiger partial charge in [-0.1, -0.05) is 30.3 Å². The number of nitrogens with zero attached hydrogens (tertiary/aromatic N) is 2.